The SMILES string of the molecule is COc1cc(C2C(C#N)=C(SCC(=O)Nc3cc(Cl)ccc3Cl)NC(C)=C2C(=O)Nc2ccccc2)ccc1O. The number of amides is 2. The zero-order valence-corrected chi connectivity index (χ0v) is 23.7. The monoisotopic (exact) mass is 594 g/mol. The van der Waals surface area contributed by atoms with Crippen LogP contribution in [-0.4, -0.2) is 29.8 Å². The van der Waals surface area contributed by atoms with Gasteiger partial charge in [0.1, 0.15) is 0 Å². The van der Waals surface area contributed by atoms with Crippen molar-refractivity contribution < 1.29 is 19.4 Å². The summed E-state index contributed by atoms with van der Waals surface area (Å²) in [7, 11) is 1.42. The number of nitrogens with zero attached hydrogens (tertiary/aromatic N) is 1. The van der Waals surface area contributed by atoms with Gasteiger partial charge in [0.25, 0.3) is 5.91 Å². The Morgan fingerprint density at radius 3 is 2.55 bits per heavy atom. The number of hydrogen-bond donors (Lipinski definition) is 4. The van der Waals surface area contributed by atoms with Gasteiger partial charge in [-0.3, -0.25) is 9.59 Å². The summed E-state index contributed by atoms with van der Waals surface area (Å²) >= 11 is 13.3. The van der Waals surface area contributed by atoms with E-state index in [0.29, 0.717) is 43.3 Å². The molecule has 204 valence electrons. The van der Waals surface area contributed by atoms with Crippen LogP contribution in [0, 0.1) is 11.3 Å². The molecule has 0 aliphatic carbocycles. The standard InChI is InChI=1S/C29H24Cl2N4O4S/c1-16-26(28(38)34-19-6-4-3-5-7-19)27(17-8-11-23(36)24(12-17)39-2)20(14-32)29(33-16)40-15-25(37)35-22-13-18(30)9-10-21(22)31/h3-13,27,33,36H,15H2,1-2H3,(H,34,38)(H,35,37). The van der Waals surface area contributed by atoms with Crippen molar-refractivity contribution in [3.05, 3.63) is 104 Å². The molecule has 0 spiro atoms. The number of dihydropyridines is 1. The average Bonchev–Trinajstić information content (AvgIpc) is 2.94. The minimum Gasteiger partial charge on any atom is -0.504 e. The molecule has 1 aliphatic heterocycles. The van der Waals surface area contributed by atoms with Crippen molar-refractivity contribution in [1.29, 1.82) is 5.26 Å². The third-order valence-corrected chi connectivity index (χ3v) is 7.59. The van der Waals surface area contributed by atoms with Gasteiger partial charge in [-0.1, -0.05) is 59.2 Å². The van der Waals surface area contributed by atoms with Gasteiger partial charge in [-0.25, -0.2) is 0 Å². The van der Waals surface area contributed by atoms with Crippen LogP contribution in [0.2, 0.25) is 10.0 Å². The molecule has 1 heterocycles. The van der Waals surface area contributed by atoms with Crippen molar-refractivity contribution in [2.75, 3.05) is 23.5 Å². The molecular formula is C29H24Cl2N4O4S. The minimum absolute atomic E-state index is 0.0548. The second kappa shape index (κ2) is 12.8. The number of rotatable bonds is 8. The van der Waals surface area contributed by atoms with Gasteiger partial charge in [0.15, 0.2) is 11.5 Å². The van der Waals surface area contributed by atoms with E-state index in [-0.39, 0.29) is 28.7 Å². The first-order chi connectivity index (χ1) is 19.2. The first kappa shape index (κ1) is 28.9. The van der Waals surface area contributed by atoms with E-state index in [1.54, 1.807) is 61.5 Å². The van der Waals surface area contributed by atoms with Crippen LogP contribution in [0.25, 0.3) is 0 Å². The Kier molecular flexibility index (Phi) is 9.27. The van der Waals surface area contributed by atoms with Crippen molar-refractivity contribution in [1.82, 2.24) is 5.32 Å². The van der Waals surface area contributed by atoms with Crippen LogP contribution < -0.4 is 20.7 Å². The van der Waals surface area contributed by atoms with E-state index in [9.17, 15) is 20.0 Å². The fourth-order valence-corrected chi connectivity index (χ4v) is 5.40. The number of allylic oxidation sites excluding steroid dienone is 2. The molecule has 11 heteroatoms. The molecule has 40 heavy (non-hydrogen) atoms. The van der Waals surface area contributed by atoms with E-state index in [2.05, 4.69) is 22.0 Å². The molecule has 0 saturated carbocycles. The minimum atomic E-state index is -0.808. The van der Waals surface area contributed by atoms with E-state index < -0.39 is 11.8 Å². The molecule has 4 rings (SSSR count). The molecule has 1 atom stereocenters. The Morgan fingerprint density at radius 1 is 1.10 bits per heavy atom. The quantitative estimate of drug-likeness (QED) is 0.237. The van der Waals surface area contributed by atoms with Crippen LogP contribution >= 0.6 is 35.0 Å². The molecule has 0 bridgehead atoms. The third kappa shape index (κ3) is 6.54. The van der Waals surface area contributed by atoms with Gasteiger partial charge in [-0.05, 0) is 55.0 Å². The summed E-state index contributed by atoms with van der Waals surface area (Å²) < 4.78 is 5.28. The van der Waals surface area contributed by atoms with E-state index in [1.165, 1.54) is 13.2 Å². The summed E-state index contributed by atoms with van der Waals surface area (Å²) in [5, 5.41) is 30.4. The predicted molar refractivity (Wildman–Crippen MR) is 158 cm³/mol. The number of aromatic hydroxyl groups is 1. The number of nitriles is 1. The number of ether oxygens (including phenoxy) is 1. The van der Waals surface area contributed by atoms with Crippen LogP contribution in [0.5, 0.6) is 11.5 Å². The largest absolute Gasteiger partial charge is 0.504 e. The van der Waals surface area contributed by atoms with Gasteiger partial charge in [-0.2, -0.15) is 5.26 Å². The van der Waals surface area contributed by atoms with E-state index in [1.807, 2.05) is 6.07 Å². The van der Waals surface area contributed by atoms with E-state index in [0.717, 1.165) is 11.8 Å². The van der Waals surface area contributed by atoms with Gasteiger partial charge in [0.05, 0.1) is 46.2 Å². The van der Waals surface area contributed by atoms with Gasteiger partial charge in [-0.15, -0.1) is 0 Å². The summed E-state index contributed by atoms with van der Waals surface area (Å²) in [6, 6.07) is 20.6. The van der Waals surface area contributed by atoms with Gasteiger partial charge >= 0.3 is 0 Å². The molecule has 0 radical (unpaired) electrons. The van der Waals surface area contributed by atoms with Gasteiger partial charge < -0.3 is 25.8 Å². The Morgan fingerprint density at radius 2 is 1.85 bits per heavy atom. The highest BCUT2D eigenvalue weighted by atomic mass is 35.5. The van der Waals surface area contributed by atoms with Crippen LogP contribution in [0.1, 0.15) is 18.4 Å². The maximum absolute atomic E-state index is 13.6. The summed E-state index contributed by atoms with van der Waals surface area (Å²) in [6.45, 7) is 1.73. The van der Waals surface area contributed by atoms with Crippen molar-refractivity contribution in [2.24, 2.45) is 0 Å². The summed E-state index contributed by atoms with van der Waals surface area (Å²) in [5.41, 5.74) is 2.57. The Balaban J connectivity index is 1.67. The first-order valence-corrected chi connectivity index (χ1v) is 13.7. The lowest BCUT2D eigenvalue weighted by molar-refractivity contribution is -0.114. The highest BCUT2D eigenvalue weighted by Crippen LogP contribution is 2.43. The van der Waals surface area contributed by atoms with E-state index >= 15 is 0 Å². The smallest absolute Gasteiger partial charge is 0.254 e. The second-order valence-corrected chi connectivity index (χ2v) is 10.5. The van der Waals surface area contributed by atoms with Crippen molar-refractivity contribution in [2.45, 2.75) is 12.8 Å². The molecule has 1 aliphatic rings. The summed E-state index contributed by atoms with van der Waals surface area (Å²) in [6.07, 6.45) is 0. The number of phenols is 1. The molecule has 0 saturated heterocycles. The summed E-state index contributed by atoms with van der Waals surface area (Å²) in [4.78, 5) is 26.3. The zero-order valence-electron chi connectivity index (χ0n) is 21.4. The molecule has 2 amide bonds. The molecule has 8 nitrogen and oxygen atoms in total. The number of benzene rings is 3. The summed E-state index contributed by atoms with van der Waals surface area (Å²) in [5.74, 6) is -1.51. The predicted octanol–water partition coefficient (Wildman–Crippen LogP) is 6.41. The lowest BCUT2D eigenvalue weighted by atomic mass is 9.82. The number of nitrogens with one attached hydrogen (secondary N) is 3. The fraction of sp³-hybridized carbons (Fsp3) is 0.138. The number of anilines is 2. The number of methoxy groups -OCH3 is 1. The number of halogens is 2. The lowest BCUT2D eigenvalue weighted by Crippen LogP contribution is -2.31. The third-order valence-electron chi connectivity index (χ3n) is 6.01. The second-order valence-electron chi connectivity index (χ2n) is 8.66. The fourth-order valence-electron chi connectivity index (χ4n) is 4.17. The maximum atomic E-state index is 13.6. The van der Waals surface area contributed by atoms with Crippen molar-refractivity contribution in [3.8, 4) is 17.6 Å². The molecule has 0 fully saturated rings. The number of carbonyl (C=O) groups excluding carboxylic acids is 2. The highest BCUT2D eigenvalue weighted by Gasteiger charge is 2.35. The van der Waals surface area contributed by atoms with Crippen LogP contribution in [0.15, 0.2) is 88.6 Å². The molecule has 0 aromatic heterocycles. The van der Waals surface area contributed by atoms with Crippen LogP contribution in [0.3, 0.4) is 0 Å². The van der Waals surface area contributed by atoms with Crippen molar-refractivity contribution >= 4 is 58.2 Å². The Hall–Kier alpha value is -4.10. The highest BCUT2D eigenvalue weighted by molar-refractivity contribution is 8.03. The van der Waals surface area contributed by atoms with Crippen LogP contribution in [-0.2, 0) is 9.59 Å². The topological polar surface area (TPSA) is 123 Å². The van der Waals surface area contributed by atoms with E-state index in [4.69, 9.17) is 27.9 Å². The number of hydrogen-bond acceptors (Lipinski definition) is 7. The van der Waals surface area contributed by atoms with Gasteiger partial charge in [0, 0.05) is 22.0 Å². The molecule has 4 N–H and O–H groups in total. The normalized spacial score (nSPS) is 14.7. The molecular weight excluding hydrogens is 571 g/mol. The number of para-hydroxylation sites is 1. The first-order valence-electron chi connectivity index (χ1n) is 11.9. The number of thioether (sulfide) groups is 1. The van der Waals surface area contributed by atoms with Crippen molar-refractivity contribution in [3.63, 3.8) is 0 Å². The average molecular weight is 596 g/mol. The van der Waals surface area contributed by atoms with Gasteiger partial charge in [0.2, 0.25) is 5.91 Å². The molecule has 3 aromatic rings. The molecule has 1 unspecified atom stereocenters. The Bertz CT molecular complexity index is 1570. The van der Waals surface area contributed by atoms with Crippen LogP contribution in [0.4, 0.5) is 11.4 Å². The number of carbonyl (C=O) groups is 2. The maximum Gasteiger partial charge on any atom is 0.254 e. The molecule has 3 aromatic carbocycles. The number of phenolic OH excluding ortho intramolecular Hbond substituents is 1. The Labute approximate surface area is 245 Å². The zero-order chi connectivity index (χ0) is 28.8. The lowest BCUT2D eigenvalue weighted by Gasteiger charge is -2.30.